The highest BCUT2D eigenvalue weighted by Crippen LogP contribution is 2.29. The average molecular weight is 240 g/mol. The van der Waals surface area contributed by atoms with E-state index in [1.807, 2.05) is 0 Å². The minimum absolute atomic E-state index is 0.126. The number of hydrogen-bond donors (Lipinski definition) is 2. The molecule has 92 valence electrons. The van der Waals surface area contributed by atoms with Crippen LogP contribution in [0.5, 0.6) is 0 Å². The third-order valence-corrected chi connectivity index (χ3v) is 2.98. The summed E-state index contributed by atoms with van der Waals surface area (Å²) in [4.78, 5) is 10.2. The van der Waals surface area contributed by atoms with Crippen molar-refractivity contribution in [3.8, 4) is 0 Å². The number of aliphatic hydroxyl groups is 1. The van der Waals surface area contributed by atoms with Gasteiger partial charge in [-0.3, -0.25) is 10.1 Å². The summed E-state index contributed by atoms with van der Waals surface area (Å²) in [6, 6.07) is 3.02. The Morgan fingerprint density at radius 1 is 1.47 bits per heavy atom. The van der Waals surface area contributed by atoms with Crippen LogP contribution in [0.25, 0.3) is 0 Å². The zero-order chi connectivity index (χ0) is 12.4. The van der Waals surface area contributed by atoms with E-state index in [2.05, 4.69) is 5.32 Å². The molecule has 0 radical (unpaired) electrons. The Hall–Kier alpha value is -1.69. The van der Waals surface area contributed by atoms with Crippen LogP contribution in [0.15, 0.2) is 18.2 Å². The monoisotopic (exact) mass is 240 g/mol. The molecule has 0 amide bonds. The summed E-state index contributed by atoms with van der Waals surface area (Å²) in [6.07, 6.45) is 1.73. The molecule has 1 saturated carbocycles. The molecule has 6 heteroatoms. The second-order valence-corrected chi connectivity index (χ2v) is 4.17. The number of nitrogens with one attached hydrogen (secondary N) is 1. The Balaban J connectivity index is 2.24. The maximum Gasteiger partial charge on any atom is 0.292 e. The van der Waals surface area contributed by atoms with Gasteiger partial charge in [-0.2, -0.15) is 0 Å². The minimum atomic E-state index is -0.566. The summed E-state index contributed by atoms with van der Waals surface area (Å²) in [5.41, 5.74) is -0.0496. The lowest BCUT2D eigenvalue weighted by atomic mass is 10.2. The standard InChI is InChI=1S/C11H13FN2O3/c12-7-4-5-10(14(16)17)9(6-7)13-8-2-1-3-11(8)15/h4-6,8,11,13,15H,1-3H2/t8-,11-/m0/s1. The second-order valence-electron chi connectivity index (χ2n) is 4.17. The van der Waals surface area contributed by atoms with Gasteiger partial charge in [-0.1, -0.05) is 0 Å². The van der Waals surface area contributed by atoms with Crippen molar-refractivity contribution in [3.05, 3.63) is 34.1 Å². The van der Waals surface area contributed by atoms with E-state index in [-0.39, 0.29) is 17.4 Å². The van der Waals surface area contributed by atoms with Crippen LogP contribution < -0.4 is 5.32 Å². The van der Waals surface area contributed by atoms with Gasteiger partial charge in [0, 0.05) is 12.1 Å². The predicted octanol–water partition coefficient (Wildman–Crippen LogP) is 2.06. The van der Waals surface area contributed by atoms with Crippen LogP contribution in [0.4, 0.5) is 15.8 Å². The van der Waals surface area contributed by atoms with E-state index in [4.69, 9.17) is 0 Å². The summed E-state index contributed by atoms with van der Waals surface area (Å²) < 4.78 is 13.1. The van der Waals surface area contributed by atoms with Crippen molar-refractivity contribution < 1.29 is 14.4 Å². The number of nitro groups is 1. The van der Waals surface area contributed by atoms with Crippen molar-refractivity contribution in [1.29, 1.82) is 0 Å². The molecule has 1 aromatic rings. The number of hydrogen-bond acceptors (Lipinski definition) is 4. The van der Waals surface area contributed by atoms with Crippen LogP contribution in [-0.2, 0) is 0 Å². The topological polar surface area (TPSA) is 75.4 Å². The second kappa shape index (κ2) is 4.67. The van der Waals surface area contributed by atoms with Crippen LogP contribution in [0.2, 0.25) is 0 Å². The molecule has 0 spiro atoms. The van der Waals surface area contributed by atoms with Crippen molar-refractivity contribution in [2.75, 3.05) is 5.32 Å². The Bertz CT molecular complexity index is 439. The molecule has 0 unspecified atom stereocenters. The largest absolute Gasteiger partial charge is 0.391 e. The number of anilines is 1. The van der Waals surface area contributed by atoms with Gasteiger partial charge in [0.15, 0.2) is 0 Å². The van der Waals surface area contributed by atoms with E-state index in [0.29, 0.717) is 6.42 Å². The molecule has 0 bridgehead atoms. The van der Waals surface area contributed by atoms with Crippen LogP contribution in [0, 0.1) is 15.9 Å². The fraction of sp³-hybridized carbons (Fsp3) is 0.455. The van der Waals surface area contributed by atoms with Gasteiger partial charge in [-0.15, -0.1) is 0 Å². The molecule has 0 aromatic heterocycles. The van der Waals surface area contributed by atoms with E-state index in [1.54, 1.807) is 0 Å². The third kappa shape index (κ3) is 2.52. The van der Waals surface area contributed by atoms with E-state index in [9.17, 15) is 19.6 Å². The maximum atomic E-state index is 13.1. The highest BCUT2D eigenvalue weighted by molar-refractivity contribution is 5.62. The maximum absolute atomic E-state index is 13.1. The van der Waals surface area contributed by atoms with E-state index < -0.39 is 16.8 Å². The fourth-order valence-electron chi connectivity index (χ4n) is 2.09. The molecule has 1 aliphatic rings. The molecule has 1 aromatic carbocycles. The summed E-state index contributed by atoms with van der Waals surface area (Å²) in [5.74, 6) is -0.536. The first-order valence-corrected chi connectivity index (χ1v) is 5.46. The van der Waals surface area contributed by atoms with E-state index in [1.165, 1.54) is 0 Å². The lowest BCUT2D eigenvalue weighted by molar-refractivity contribution is -0.384. The molecule has 0 saturated heterocycles. The first kappa shape index (κ1) is 11.8. The summed E-state index contributed by atoms with van der Waals surface area (Å²) in [5, 5.41) is 23.2. The van der Waals surface area contributed by atoms with Gasteiger partial charge in [0.25, 0.3) is 5.69 Å². The summed E-state index contributed by atoms with van der Waals surface area (Å²) in [7, 11) is 0. The Morgan fingerprint density at radius 2 is 2.24 bits per heavy atom. The number of halogens is 1. The first-order chi connectivity index (χ1) is 8.08. The van der Waals surface area contributed by atoms with Crippen LogP contribution in [-0.4, -0.2) is 22.2 Å². The zero-order valence-electron chi connectivity index (χ0n) is 9.10. The van der Waals surface area contributed by atoms with Gasteiger partial charge in [0.1, 0.15) is 11.5 Å². The summed E-state index contributed by atoms with van der Waals surface area (Å²) in [6.45, 7) is 0. The molecule has 5 nitrogen and oxygen atoms in total. The van der Waals surface area contributed by atoms with Crippen LogP contribution >= 0.6 is 0 Å². The number of aliphatic hydroxyl groups excluding tert-OH is 1. The highest BCUT2D eigenvalue weighted by Gasteiger charge is 2.27. The predicted molar refractivity (Wildman–Crippen MR) is 60.3 cm³/mol. The number of benzene rings is 1. The average Bonchev–Trinajstić information content (AvgIpc) is 2.64. The lowest BCUT2D eigenvalue weighted by Crippen LogP contribution is -2.28. The van der Waals surface area contributed by atoms with Crippen molar-refractivity contribution in [2.45, 2.75) is 31.4 Å². The van der Waals surface area contributed by atoms with Gasteiger partial charge in [-0.05, 0) is 25.3 Å². The molecule has 2 N–H and O–H groups in total. The summed E-state index contributed by atoms with van der Waals surface area (Å²) >= 11 is 0. The van der Waals surface area contributed by atoms with Crippen LogP contribution in [0.3, 0.4) is 0 Å². The van der Waals surface area contributed by atoms with Gasteiger partial charge < -0.3 is 10.4 Å². The van der Waals surface area contributed by atoms with Gasteiger partial charge in [-0.25, -0.2) is 4.39 Å². The molecule has 0 aliphatic heterocycles. The quantitative estimate of drug-likeness (QED) is 0.626. The molecule has 0 heterocycles. The molecule has 2 rings (SSSR count). The molecule has 1 fully saturated rings. The van der Waals surface area contributed by atoms with Gasteiger partial charge >= 0.3 is 0 Å². The van der Waals surface area contributed by atoms with Crippen molar-refractivity contribution in [2.24, 2.45) is 0 Å². The third-order valence-electron chi connectivity index (χ3n) is 2.98. The Morgan fingerprint density at radius 3 is 2.82 bits per heavy atom. The molecule has 17 heavy (non-hydrogen) atoms. The van der Waals surface area contributed by atoms with E-state index >= 15 is 0 Å². The first-order valence-electron chi connectivity index (χ1n) is 5.46. The van der Waals surface area contributed by atoms with Crippen molar-refractivity contribution >= 4 is 11.4 Å². The SMILES string of the molecule is O=[N+]([O-])c1ccc(F)cc1N[C@H]1CCC[C@@H]1O. The van der Waals surface area contributed by atoms with Crippen molar-refractivity contribution in [1.82, 2.24) is 0 Å². The molecule has 2 atom stereocenters. The number of rotatable bonds is 3. The highest BCUT2D eigenvalue weighted by atomic mass is 19.1. The molecular formula is C11H13FN2O3. The van der Waals surface area contributed by atoms with Gasteiger partial charge in [0.2, 0.25) is 0 Å². The molecule has 1 aliphatic carbocycles. The Kier molecular flexibility index (Phi) is 3.23. The van der Waals surface area contributed by atoms with Gasteiger partial charge in [0.05, 0.1) is 17.1 Å². The smallest absolute Gasteiger partial charge is 0.292 e. The lowest BCUT2D eigenvalue weighted by Gasteiger charge is -2.17. The minimum Gasteiger partial charge on any atom is -0.391 e. The van der Waals surface area contributed by atoms with Crippen molar-refractivity contribution in [3.63, 3.8) is 0 Å². The zero-order valence-corrected chi connectivity index (χ0v) is 9.10. The van der Waals surface area contributed by atoms with E-state index in [0.717, 1.165) is 31.0 Å². The number of nitro benzene ring substituents is 1. The molecular weight excluding hydrogens is 227 g/mol. The Labute approximate surface area is 97.4 Å². The fourth-order valence-corrected chi connectivity index (χ4v) is 2.09. The normalized spacial score (nSPS) is 23.6. The van der Waals surface area contributed by atoms with Crippen LogP contribution in [0.1, 0.15) is 19.3 Å². The number of nitrogens with zero attached hydrogens (tertiary/aromatic N) is 1.